The predicted octanol–water partition coefficient (Wildman–Crippen LogP) is 1.34. The predicted molar refractivity (Wildman–Crippen MR) is 67.3 cm³/mol. The van der Waals surface area contributed by atoms with E-state index in [9.17, 15) is 4.21 Å². The van der Waals surface area contributed by atoms with Crippen LogP contribution in [-0.2, 0) is 10.8 Å². The normalized spacial score (nSPS) is 18.0. The van der Waals surface area contributed by atoms with Crippen LogP contribution >= 0.6 is 0 Å². The summed E-state index contributed by atoms with van der Waals surface area (Å²) < 4.78 is 12.1. The molecule has 0 radical (unpaired) electrons. The lowest BCUT2D eigenvalue weighted by Gasteiger charge is -2.00. The summed E-state index contributed by atoms with van der Waals surface area (Å²) in [6.45, 7) is 0. The van der Waals surface area contributed by atoms with E-state index < -0.39 is 10.8 Å². The molecule has 2 aromatic rings. The van der Waals surface area contributed by atoms with E-state index in [-0.39, 0.29) is 0 Å². The van der Waals surface area contributed by atoms with Crippen molar-refractivity contribution in [1.82, 2.24) is 0 Å². The van der Waals surface area contributed by atoms with E-state index in [1.807, 2.05) is 60.0 Å². The number of benzene rings is 2. The van der Waals surface area contributed by atoms with Crippen molar-refractivity contribution in [3.63, 3.8) is 0 Å². The largest absolute Gasteiger partial charge is 0.250 e. The smallest absolute Gasteiger partial charge is 0.0794 e. The van der Waals surface area contributed by atoms with E-state index in [0.29, 0.717) is 0 Å². The maximum Gasteiger partial charge on any atom is 0.0794 e. The minimum Gasteiger partial charge on any atom is -0.250 e. The molecular weight excluding hydrogens is 216 g/mol. The second kappa shape index (κ2) is 3.72. The zero-order valence-corrected chi connectivity index (χ0v) is 9.41. The first-order chi connectivity index (χ1) is 7.86. The Kier molecular flexibility index (Phi) is 2.22. The van der Waals surface area contributed by atoms with Crippen molar-refractivity contribution in [1.29, 1.82) is 0 Å². The molecule has 1 aliphatic heterocycles. The first kappa shape index (κ1) is 9.55. The summed E-state index contributed by atoms with van der Waals surface area (Å²) in [7, 11) is -1.02. The van der Waals surface area contributed by atoms with Gasteiger partial charge in [-0.3, -0.25) is 0 Å². The van der Waals surface area contributed by atoms with Crippen molar-refractivity contribution in [3.8, 4) is 0 Å². The lowest BCUT2D eigenvalue weighted by atomic mass is 10.1. The van der Waals surface area contributed by atoms with E-state index in [1.54, 1.807) is 0 Å². The molecule has 1 unspecified atom stereocenters. The van der Waals surface area contributed by atoms with Crippen molar-refractivity contribution in [2.45, 2.75) is 0 Å². The molecule has 0 saturated heterocycles. The quantitative estimate of drug-likeness (QED) is 0.717. The zero-order chi connectivity index (χ0) is 11.0. The summed E-state index contributed by atoms with van der Waals surface area (Å²) in [6.07, 6.45) is 0. The third kappa shape index (κ3) is 1.42. The first-order valence-corrected chi connectivity index (χ1v) is 6.35. The highest BCUT2D eigenvalue weighted by Gasteiger charge is 2.14. The van der Waals surface area contributed by atoms with Crippen LogP contribution in [0.5, 0.6) is 0 Å². The maximum absolute atomic E-state index is 12.1. The van der Waals surface area contributed by atoms with Crippen LogP contribution in [0, 0.1) is 0 Å². The molecule has 0 aromatic heterocycles. The summed E-state index contributed by atoms with van der Waals surface area (Å²) >= 11 is 0. The Morgan fingerprint density at radius 3 is 2.31 bits per heavy atom. The van der Waals surface area contributed by atoms with Gasteiger partial charge >= 0.3 is 0 Å². The fourth-order valence-electron chi connectivity index (χ4n) is 1.95. The lowest BCUT2D eigenvalue weighted by Crippen LogP contribution is -2.22. The highest BCUT2D eigenvalue weighted by atomic mass is 32.2. The number of rotatable bonds is 1. The van der Waals surface area contributed by atoms with Crippen molar-refractivity contribution in [3.05, 3.63) is 70.6 Å². The van der Waals surface area contributed by atoms with Crippen LogP contribution in [0.15, 0.2) is 54.6 Å². The Hall–Kier alpha value is -1.67. The van der Waals surface area contributed by atoms with Crippen LogP contribution in [-0.4, -0.2) is 4.21 Å². The molecule has 2 heteroatoms. The van der Waals surface area contributed by atoms with Gasteiger partial charge in [-0.1, -0.05) is 54.6 Å². The van der Waals surface area contributed by atoms with Crippen molar-refractivity contribution < 1.29 is 4.21 Å². The van der Waals surface area contributed by atoms with E-state index in [4.69, 9.17) is 0 Å². The molecular formula is C14H10OS. The Morgan fingerprint density at radius 2 is 1.50 bits per heavy atom. The second-order valence-electron chi connectivity index (χ2n) is 3.70. The molecule has 2 aromatic carbocycles. The highest BCUT2D eigenvalue weighted by Crippen LogP contribution is 2.17. The zero-order valence-electron chi connectivity index (χ0n) is 8.59. The molecule has 0 fully saturated rings. The van der Waals surface area contributed by atoms with Crippen molar-refractivity contribution in [2.24, 2.45) is 0 Å². The van der Waals surface area contributed by atoms with Gasteiger partial charge in [-0.05, 0) is 16.0 Å². The molecule has 78 valence electrons. The van der Waals surface area contributed by atoms with E-state index >= 15 is 0 Å². The fraction of sp³-hybridized carbons (Fsp3) is 0. The maximum atomic E-state index is 12.1. The van der Waals surface area contributed by atoms with Gasteiger partial charge < -0.3 is 0 Å². The monoisotopic (exact) mass is 226 g/mol. The Morgan fingerprint density at radius 1 is 0.812 bits per heavy atom. The summed E-state index contributed by atoms with van der Waals surface area (Å²) in [6, 6.07) is 17.9. The molecule has 1 heterocycles. The summed E-state index contributed by atoms with van der Waals surface area (Å²) in [5.74, 6) is 0. The van der Waals surface area contributed by atoms with Crippen LogP contribution in [0.1, 0.15) is 5.56 Å². The standard InChI is InChI=1S/C14H10OS/c15-16-10-12-8-4-5-9-13(12)14(16)11-6-2-1-3-7-11/h1-10H. The van der Waals surface area contributed by atoms with Gasteiger partial charge in [0, 0.05) is 5.41 Å². The van der Waals surface area contributed by atoms with Gasteiger partial charge in [0.15, 0.2) is 0 Å². The van der Waals surface area contributed by atoms with Gasteiger partial charge in [0.25, 0.3) is 0 Å². The van der Waals surface area contributed by atoms with E-state index in [1.165, 1.54) is 0 Å². The summed E-state index contributed by atoms with van der Waals surface area (Å²) in [5, 5.41) is 3.98. The van der Waals surface area contributed by atoms with Gasteiger partial charge in [-0.2, -0.15) is 0 Å². The van der Waals surface area contributed by atoms with Crippen LogP contribution in [0.4, 0.5) is 0 Å². The third-order valence-corrected chi connectivity index (χ3v) is 4.00. The van der Waals surface area contributed by atoms with Gasteiger partial charge in [0.05, 0.1) is 15.7 Å². The van der Waals surface area contributed by atoms with Crippen LogP contribution < -0.4 is 10.4 Å². The molecule has 0 N–H and O–H groups in total. The second-order valence-corrected chi connectivity index (χ2v) is 4.94. The van der Waals surface area contributed by atoms with E-state index in [0.717, 1.165) is 20.9 Å². The van der Waals surface area contributed by atoms with Crippen LogP contribution in [0.25, 0.3) is 10.3 Å². The summed E-state index contributed by atoms with van der Waals surface area (Å²) in [5.41, 5.74) is 1.04. The topological polar surface area (TPSA) is 17.1 Å². The molecule has 1 atom stereocenters. The van der Waals surface area contributed by atoms with Crippen LogP contribution in [0.2, 0.25) is 0 Å². The minimum absolute atomic E-state index is 0.927. The Labute approximate surface area is 96.2 Å². The van der Waals surface area contributed by atoms with Gasteiger partial charge in [-0.25, -0.2) is 4.21 Å². The van der Waals surface area contributed by atoms with Gasteiger partial charge in [0.1, 0.15) is 0 Å². The minimum atomic E-state index is -1.02. The fourth-order valence-corrected chi connectivity index (χ4v) is 3.28. The molecule has 0 saturated carbocycles. The molecule has 1 nitrogen and oxygen atoms in total. The third-order valence-electron chi connectivity index (χ3n) is 2.68. The number of fused-ring (bicyclic) bond motifs is 1. The number of hydrogen-bond donors (Lipinski definition) is 0. The molecule has 0 amide bonds. The number of hydrogen-bond acceptors (Lipinski definition) is 1. The lowest BCUT2D eigenvalue weighted by molar-refractivity contribution is 0.695. The average molecular weight is 226 g/mol. The first-order valence-electron chi connectivity index (χ1n) is 5.13. The molecule has 16 heavy (non-hydrogen) atoms. The summed E-state index contributed by atoms with van der Waals surface area (Å²) in [4.78, 5) is 0.927. The molecule has 0 spiro atoms. The SMILES string of the molecule is O=S1C=c2ccccc2=C1c1ccccc1. The molecule has 1 aliphatic rings. The molecule has 0 aliphatic carbocycles. The van der Waals surface area contributed by atoms with Crippen molar-refractivity contribution in [2.75, 3.05) is 0 Å². The van der Waals surface area contributed by atoms with Gasteiger partial charge in [-0.15, -0.1) is 0 Å². The molecule has 3 rings (SSSR count). The Balaban J connectivity index is 2.39. The molecule has 0 bridgehead atoms. The van der Waals surface area contributed by atoms with E-state index in [2.05, 4.69) is 0 Å². The average Bonchev–Trinajstić information content (AvgIpc) is 2.66. The van der Waals surface area contributed by atoms with Crippen LogP contribution in [0.3, 0.4) is 0 Å². The van der Waals surface area contributed by atoms with Gasteiger partial charge in [0.2, 0.25) is 0 Å². The Bertz CT molecular complexity index is 671. The highest BCUT2D eigenvalue weighted by molar-refractivity contribution is 8.01. The van der Waals surface area contributed by atoms with Crippen molar-refractivity contribution >= 4 is 21.1 Å².